The van der Waals surface area contributed by atoms with Crippen LogP contribution in [0, 0.1) is 17.3 Å². The molecule has 3 aliphatic rings. The lowest BCUT2D eigenvalue weighted by Gasteiger charge is -2.49. The summed E-state index contributed by atoms with van der Waals surface area (Å²) >= 11 is 0. The highest BCUT2D eigenvalue weighted by atomic mass is 16.5. The van der Waals surface area contributed by atoms with E-state index in [0.29, 0.717) is 28.9 Å². The Kier molecular flexibility index (Phi) is 4.32. The Hall–Kier alpha value is -1.84. The molecule has 4 rings (SSSR count). The summed E-state index contributed by atoms with van der Waals surface area (Å²) in [4.78, 5) is 22.6. The van der Waals surface area contributed by atoms with Gasteiger partial charge in [-0.1, -0.05) is 13.0 Å². The molecule has 1 aromatic rings. The van der Waals surface area contributed by atoms with Crippen LogP contribution in [0.4, 0.5) is 0 Å². The molecule has 0 amide bonds. The molecular formula is C22H28O4. The predicted molar refractivity (Wildman–Crippen MR) is 97.9 cm³/mol. The molecule has 0 N–H and O–H groups in total. The molecule has 26 heavy (non-hydrogen) atoms. The molecule has 0 unspecified atom stereocenters. The summed E-state index contributed by atoms with van der Waals surface area (Å²) in [5, 5.41) is 0. The van der Waals surface area contributed by atoms with E-state index in [1.165, 1.54) is 44.2 Å². The molecule has 0 aromatic heterocycles. The van der Waals surface area contributed by atoms with Gasteiger partial charge in [0.1, 0.15) is 11.9 Å². The molecule has 4 nitrogen and oxygen atoms in total. The summed E-state index contributed by atoms with van der Waals surface area (Å²) in [5.41, 5.74) is 3.08. The molecule has 0 bridgehead atoms. The first kappa shape index (κ1) is 17.6. The van der Waals surface area contributed by atoms with Gasteiger partial charge in [-0.2, -0.15) is 0 Å². The Morgan fingerprint density at radius 1 is 1.15 bits per heavy atom. The average molecular weight is 356 g/mol. The summed E-state index contributed by atoms with van der Waals surface area (Å²) in [6.07, 6.45) is 6.72. The highest BCUT2D eigenvalue weighted by Crippen LogP contribution is 2.61. The topological polar surface area (TPSA) is 52.6 Å². The van der Waals surface area contributed by atoms with Crippen molar-refractivity contribution < 1.29 is 19.1 Å². The highest BCUT2D eigenvalue weighted by Gasteiger charge is 2.53. The molecule has 0 radical (unpaired) electrons. The van der Waals surface area contributed by atoms with E-state index in [4.69, 9.17) is 9.47 Å². The Balaban J connectivity index is 1.57. The fourth-order valence-electron chi connectivity index (χ4n) is 6.11. The van der Waals surface area contributed by atoms with Crippen molar-refractivity contribution in [1.29, 1.82) is 0 Å². The number of hydrogen-bond acceptors (Lipinski definition) is 4. The summed E-state index contributed by atoms with van der Waals surface area (Å²) in [6.45, 7) is 5.36. The first-order chi connectivity index (χ1) is 12.4. The van der Waals surface area contributed by atoms with Crippen molar-refractivity contribution in [1.82, 2.24) is 0 Å². The SMILES string of the molecule is CC(=O)Oc1ccc2c(c1)CC[C@H]1[C@H]3C[C@H](OC(C)=O)C[C@]3(C)CC[C@@H]21. The maximum Gasteiger partial charge on any atom is 0.308 e. The van der Waals surface area contributed by atoms with Crippen LogP contribution in [-0.4, -0.2) is 18.0 Å². The van der Waals surface area contributed by atoms with Crippen molar-refractivity contribution in [2.45, 2.75) is 71.3 Å². The predicted octanol–water partition coefficient (Wildman–Crippen LogP) is 4.40. The second-order valence-corrected chi connectivity index (χ2v) is 8.73. The molecule has 0 spiro atoms. The first-order valence-corrected chi connectivity index (χ1v) is 9.84. The van der Waals surface area contributed by atoms with Crippen LogP contribution >= 0.6 is 0 Å². The molecule has 0 aliphatic heterocycles. The molecule has 140 valence electrons. The summed E-state index contributed by atoms with van der Waals surface area (Å²) in [7, 11) is 0. The Morgan fingerprint density at radius 2 is 1.96 bits per heavy atom. The van der Waals surface area contributed by atoms with Crippen LogP contribution in [-0.2, 0) is 20.7 Å². The van der Waals surface area contributed by atoms with Crippen LogP contribution < -0.4 is 4.74 Å². The van der Waals surface area contributed by atoms with Crippen molar-refractivity contribution in [2.75, 3.05) is 0 Å². The fourth-order valence-corrected chi connectivity index (χ4v) is 6.11. The van der Waals surface area contributed by atoms with Crippen LogP contribution in [0.15, 0.2) is 18.2 Å². The second kappa shape index (κ2) is 6.40. The van der Waals surface area contributed by atoms with Gasteiger partial charge >= 0.3 is 11.9 Å². The molecular weight excluding hydrogens is 328 g/mol. The lowest BCUT2D eigenvalue weighted by molar-refractivity contribution is -0.146. The molecule has 5 atom stereocenters. The zero-order valence-electron chi connectivity index (χ0n) is 15.9. The van der Waals surface area contributed by atoms with Crippen LogP contribution in [0.3, 0.4) is 0 Å². The van der Waals surface area contributed by atoms with E-state index in [1.54, 1.807) is 0 Å². The number of benzene rings is 1. The third-order valence-electron chi connectivity index (χ3n) is 7.02. The maximum absolute atomic E-state index is 11.4. The Morgan fingerprint density at radius 3 is 2.69 bits per heavy atom. The number of carbonyl (C=O) groups excluding carboxylic acids is 2. The van der Waals surface area contributed by atoms with E-state index >= 15 is 0 Å². The molecule has 1 aromatic carbocycles. The zero-order chi connectivity index (χ0) is 18.5. The van der Waals surface area contributed by atoms with Crippen molar-refractivity contribution in [2.24, 2.45) is 17.3 Å². The van der Waals surface area contributed by atoms with E-state index in [1.807, 2.05) is 6.07 Å². The normalized spacial score (nSPS) is 35.0. The minimum absolute atomic E-state index is 0.0917. The molecule has 0 heterocycles. The number of fused-ring (bicyclic) bond motifs is 5. The third kappa shape index (κ3) is 3.04. The minimum atomic E-state index is -0.269. The average Bonchev–Trinajstić information content (AvgIpc) is 2.89. The van der Waals surface area contributed by atoms with Gasteiger partial charge in [-0.3, -0.25) is 9.59 Å². The standard InChI is InChI=1S/C22H28O4/c1-13(23)25-16-5-7-18-15(10-16)4-6-20-19(18)8-9-22(3)12-17(11-21(20)22)26-14(2)24/h5,7,10,17,19-21H,4,6,8-9,11-12H2,1-3H3/t17-,19-,20+,21+,22-/m0/s1. The number of esters is 2. The second-order valence-electron chi connectivity index (χ2n) is 8.73. The fraction of sp³-hybridized carbons (Fsp3) is 0.636. The molecule has 4 heteroatoms. The van der Waals surface area contributed by atoms with Gasteiger partial charge < -0.3 is 9.47 Å². The van der Waals surface area contributed by atoms with Gasteiger partial charge in [-0.15, -0.1) is 0 Å². The largest absolute Gasteiger partial charge is 0.463 e. The van der Waals surface area contributed by atoms with Gasteiger partial charge in [0.2, 0.25) is 0 Å². The van der Waals surface area contributed by atoms with E-state index in [9.17, 15) is 9.59 Å². The van der Waals surface area contributed by atoms with Crippen molar-refractivity contribution in [3.8, 4) is 5.75 Å². The number of hydrogen-bond donors (Lipinski definition) is 0. The quantitative estimate of drug-likeness (QED) is 0.582. The van der Waals surface area contributed by atoms with Crippen LogP contribution in [0.5, 0.6) is 5.75 Å². The summed E-state index contributed by atoms with van der Waals surface area (Å²) in [5.74, 6) is 2.12. The number of rotatable bonds is 2. The minimum Gasteiger partial charge on any atom is -0.463 e. The zero-order valence-corrected chi connectivity index (χ0v) is 15.9. The smallest absolute Gasteiger partial charge is 0.308 e. The monoisotopic (exact) mass is 356 g/mol. The molecule has 2 saturated carbocycles. The van der Waals surface area contributed by atoms with Gasteiger partial charge in [0.05, 0.1) is 0 Å². The first-order valence-electron chi connectivity index (χ1n) is 9.84. The molecule has 0 saturated heterocycles. The summed E-state index contributed by atoms with van der Waals surface area (Å²) in [6, 6.07) is 6.16. The number of carbonyl (C=O) groups is 2. The van der Waals surface area contributed by atoms with Gasteiger partial charge in [0.25, 0.3) is 0 Å². The van der Waals surface area contributed by atoms with Crippen molar-refractivity contribution in [3.05, 3.63) is 29.3 Å². The molecule has 3 aliphatic carbocycles. The summed E-state index contributed by atoms with van der Waals surface area (Å²) < 4.78 is 10.8. The van der Waals surface area contributed by atoms with Gasteiger partial charge in [0, 0.05) is 13.8 Å². The maximum atomic E-state index is 11.4. The van der Waals surface area contributed by atoms with Crippen LogP contribution in [0.2, 0.25) is 0 Å². The van der Waals surface area contributed by atoms with Gasteiger partial charge in [-0.25, -0.2) is 0 Å². The van der Waals surface area contributed by atoms with Gasteiger partial charge in [0.15, 0.2) is 0 Å². The van der Waals surface area contributed by atoms with Gasteiger partial charge in [-0.05, 0) is 85.0 Å². The van der Waals surface area contributed by atoms with E-state index in [-0.39, 0.29) is 18.0 Å². The van der Waals surface area contributed by atoms with Crippen LogP contribution in [0.25, 0.3) is 0 Å². The van der Waals surface area contributed by atoms with Crippen molar-refractivity contribution >= 4 is 11.9 Å². The highest BCUT2D eigenvalue weighted by molar-refractivity contribution is 5.69. The Labute approximate surface area is 155 Å². The number of ether oxygens (including phenoxy) is 2. The Bertz CT molecular complexity index is 740. The van der Waals surface area contributed by atoms with E-state index in [2.05, 4.69) is 19.1 Å². The molecule has 2 fully saturated rings. The van der Waals surface area contributed by atoms with E-state index in [0.717, 1.165) is 19.3 Å². The van der Waals surface area contributed by atoms with E-state index < -0.39 is 0 Å². The lowest BCUT2D eigenvalue weighted by Crippen LogP contribution is -2.39. The van der Waals surface area contributed by atoms with Crippen molar-refractivity contribution in [3.63, 3.8) is 0 Å². The lowest BCUT2D eigenvalue weighted by atomic mass is 9.56. The third-order valence-corrected chi connectivity index (χ3v) is 7.02. The number of aryl methyl sites for hydroxylation is 1. The van der Waals surface area contributed by atoms with Crippen LogP contribution in [0.1, 0.15) is 69.9 Å².